The lowest BCUT2D eigenvalue weighted by Gasteiger charge is -2.19. The minimum Gasteiger partial charge on any atom is -0.460 e. The SMILES string of the molecule is CC(C)(C)OC(=O)CCCc1ccccc1C(N)=O. The maximum Gasteiger partial charge on any atom is 0.306 e. The van der Waals surface area contributed by atoms with E-state index in [2.05, 4.69) is 0 Å². The van der Waals surface area contributed by atoms with E-state index in [1.807, 2.05) is 32.9 Å². The van der Waals surface area contributed by atoms with Gasteiger partial charge in [0.25, 0.3) is 0 Å². The summed E-state index contributed by atoms with van der Waals surface area (Å²) in [6.45, 7) is 5.52. The maximum atomic E-state index is 11.6. The Morgan fingerprint density at radius 1 is 1.21 bits per heavy atom. The molecule has 0 unspecified atom stereocenters. The lowest BCUT2D eigenvalue weighted by Crippen LogP contribution is -2.23. The van der Waals surface area contributed by atoms with Crippen molar-refractivity contribution in [1.82, 2.24) is 0 Å². The summed E-state index contributed by atoms with van der Waals surface area (Å²) < 4.78 is 5.22. The molecule has 104 valence electrons. The number of hydrogen-bond donors (Lipinski definition) is 1. The van der Waals surface area contributed by atoms with E-state index in [1.165, 1.54) is 0 Å². The molecule has 4 heteroatoms. The minimum atomic E-state index is -0.456. The molecule has 2 N–H and O–H groups in total. The first kappa shape index (κ1) is 15.2. The summed E-state index contributed by atoms with van der Waals surface area (Å²) in [5.74, 6) is -0.656. The van der Waals surface area contributed by atoms with Crippen LogP contribution in [0.3, 0.4) is 0 Å². The van der Waals surface area contributed by atoms with Crippen LogP contribution in [0.25, 0.3) is 0 Å². The Hall–Kier alpha value is -1.84. The Morgan fingerprint density at radius 3 is 2.42 bits per heavy atom. The van der Waals surface area contributed by atoms with Crippen molar-refractivity contribution in [2.45, 2.75) is 45.6 Å². The molecule has 0 aliphatic carbocycles. The fourth-order valence-corrected chi connectivity index (χ4v) is 1.79. The van der Waals surface area contributed by atoms with Gasteiger partial charge in [0.15, 0.2) is 0 Å². The lowest BCUT2D eigenvalue weighted by atomic mass is 10.0. The van der Waals surface area contributed by atoms with Crippen molar-refractivity contribution in [3.05, 3.63) is 35.4 Å². The summed E-state index contributed by atoms with van der Waals surface area (Å²) in [5, 5.41) is 0. The van der Waals surface area contributed by atoms with Crippen LogP contribution in [-0.2, 0) is 16.0 Å². The van der Waals surface area contributed by atoms with Crippen LogP contribution in [0.2, 0.25) is 0 Å². The number of esters is 1. The van der Waals surface area contributed by atoms with E-state index >= 15 is 0 Å². The molecule has 4 nitrogen and oxygen atoms in total. The van der Waals surface area contributed by atoms with Crippen LogP contribution in [0, 0.1) is 0 Å². The van der Waals surface area contributed by atoms with Gasteiger partial charge in [-0.2, -0.15) is 0 Å². The van der Waals surface area contributed by atoms with Gasteiger partial charge in [0.1, 0.15) is 5.60 Å². The minimum absolute atomic E-state index is 0.218. The molecule has 0 aliphatic heterocycles. The van der Waals surface area contributed by atoms with Gasteiger partial charge in [0.05, 0.1) is 0 Å². The molecule has 1 amide bonds. The van der Waals surface area contributed by atoms with Gasteiger partial charge in [-0.3, -0.25) is 9.59 Å². The first-order valence-electron chi connectivity index (χ1n) is 6.39. The highest BCUT2D eigenvalue weighted by atomic mass is 16.6. The van der Waals surface area contributed by atoms with Crippen LogP contribution < -0.4 is 5.73 Å². The highest BCUT2D eigenvalue weighted by Gasteiger charge is 2.16. The average molecular weight is 263 g/mol. The number of carbonyl (C=O) groups is 2. The summed E-state index contributed by atoms with van der Waals surface area (Å²) >= 11 is 0. The molecule has 0 aromatic heterocycles. The van der Waals surface area contributed by atoms with Crippen LogP contribution in [0.1, 0.15) is 49.5 Å². The summed E-state index contributed by atoms with van der Waals surface area (Å²) in [7, 11) is 0. The zero-order valence-corrected chi connectivity index (χ0v) is 11.7. The third-order valence-electron chi connectivity index (χ3n) is 2.53. The van der Waals surface area contributed by atoms with Gasteiger partial charge in [-0.25, -0.2) is 0 Å². The second-order valence-electron chi connectivity index (χ2n) is 5.46. The summed E-state index contributed by atoms with van der Waals surface area (Å²) in [6, 6.07) is 7.19. The third kappa shape index (κ3) is 5.55. The quantitative estimate of drug-likeness (QED) is 0.829. The molecule has 1 rings (SSSR count). The molecule has 0 spiro atoms. The Bertz CT molecular complexity index is 461. The summed E-state index contributed by atoms with van der Waals surface area (Å²) in [5.41, 5.74) is 6.24. The second kappa shape index (κ2) is 6.36. The van der Waals surface area contributed by atoms with Crippen molar-refractivity contribution >= 4 is 11.9 Å². The largest absolute Gasteiger partial charge is 0.460 e. The fraction of sp³-hybridized carbons (Fsp3) is 0.467. The molecular formula is C15H21NO3. The fourth-order valence-electron chi connectivity index (χ4n) is 1.79. The topological polar surface area (TPSA) is 69.4 Å². The molecule has 19 heavy (non-hydrogen) atoms. The number of ether oxygens (including phenoxy) is 1. The number of primary amides is 1. The van der Waals surface area contributed by atoms with Crippen LogP contribution in [-0.4, -0.2) is 17.5 Å². The van der Waals surface area contributed by atoms with Crippen LogP contribution in [0.5, 0.6) is 0 Å². The predicted octanol–water partition coefficient (Wildman–Crippen LogP) is 2.45. The van der Waals surface area contributed by atoms with E-state index in [0.717, 1.165) is 5.56 Å². The zero-order chi connectivity index (χ0) is 14.5. The zero-order valence-electron chi connectivity index (χ0n) is 11.7. The Labute approximate surface area is 113 Å². The van der Waals surface area contributed by atoms with Gasteiger partial charge in [0, 0.05) is 12.0 Å². The highest BCUT2D eigenvalue weighted by molar-refractivity contribution is 5.94. The van der Waals surface area contributed by atoms with Crippen molar-refractivity contribution in [2.24, 2.45) is 5.73 Å². The number of carbonyl (C=O) groups excluding carboxylic acids is 2. The molecule has 0 aliphatic rings. The number of benzene rings is 1. The number of rotatable bonds is 5. The van der Waals surface area contributed by atoms with Crippen LogP contribution >= 0.6 is 0 Å². The molecule has 0 saturated heterocycles. The van der Waals surface area contributed by atoms with Crippen LogP contribution in [0.15, 0.2) is 24.3 Å². The number of nitrogens with two attached hydrogens (primary N) is 1. The van der Waals surface area contributed by atoms with Gasteiger partial charge >= 0.3 is 5.97 Å². The number of aryl methyl sites for hydroxylation is 1. The predicted molar refractivity (Wildman–Crippen MR) is 73.7 cm³/mol. The molecule has 1 aromatic carbocycles. The van der Waals surface area contributed by atoms with Gasteiger partial charge in [0.2, 0.25) is 5.91 Å². The molecular weight excluding hydrogens is 242 g/mol. The molecule has 0 bridgehead atoms. The van der Waals surface area contributed by atoms with Gasteiger partial charge < -0.3 is 10.5 Å². The van der Waals surface area contributed by atoms with Gasteiger partial charge in [-0.1, -0.05) is 18.2 Å². The Balaban J connectivity index is 2.50. The van der Waals surface area contributed by atoms with Gasteiger partial charge in [-0.05, 0) is 45.2 Å². The normalized spacial score (nSPS) is 11.1. The lowest BCUT2D eigenvalue weighted by molar-refractivity contribution is -0.154. The average Bonchev–Trinajstić information content (AvgIpc) is 2.27. The van der Waals surface area contributed by atoms with E-state index in [0.29, 0.717) is 24.8 Å². The van der Waals surface area contributed by atoms with E-state index in [4.69, 9.17) is 10.5 Å². The van der Waals surface area contributed by atoms with E-state index in [-0.39, 0.29) is 5.97 Å². The first-order valence-corrected chi connectivity index (χ1v) is 6.39. The molecule has 1 aromatic rings. The molecule has 0 heterocycles. The van der Waals surface area contributed by atoms with E-state index in [1.54, 1.807) is 12.1 Å². The van der Waals surface area contributed by atoms with Crippen molar-refractivity contribution in [2.75, 3.05) is 0 Å². The molecule has 0 atom stereocenters. The van der Waals surface area contributed by atoms with E-state index in [9.17, 15) is 9.59 Å². The smallest absolute Gasteiger partial charge is 0.306 e. The summed E-state index contributed by atoms with van der Waals surface area (Å²) in [4.78, 5) is 22.8. The van der Waals surface area contributed by atoms with Crippen molar-refractivity contribution in [3.8, 4) is 0 Å². The molecule has 0 fully saturated rings. The second-order valence-corrected chi connectivity index (χ2v) is 5.46. The maximum absolute atomic E-state index is 11.6. The summed E-state index contributed by atoms with van der Waals surface area (Å²) in [6.07, 6.45) is 1.61. The molecule has 0 radical (unpaired) electrons. The Morgan fingerprint density at radius 2 is 1.84 bits per heavy atom. The molecule has 0 saturated carbocycles. The van der Waals surface area contributed by atoms with Crippen molar-refractivity contribution < 1.29 is 14.3 Å². The van der Waals surface area contributed by atoms with E-state index < -0.39 is 11.5 Å². The van der Waals surface area contributed by atoms with Crippen LogP contribution in [0.4, 0.5) is 0 Å². The number of hydrogen-bond acceptors (Lipinski definition) is 3. The van der Waals surface area contributed by atoms with Gasteiger partial charge in [-0.15, -0.1) is 0 Å². The highest BCUT2D eigenvalue weighted by Crippen LogP contribution is 2.13. The Kier molecular flexibility index (Phi) is 5.10. The van der Waals surface area contributed by atoms with Crippen molar-refractivity contribution in [3.63, 3.8) is 0 Å². The number of amides is 1. The standard InChI is InChI=1S/C15H21NO3/c1-15(2,3)19-13(17)10-6-8-11-7-4-5-9-12(11)14(16)18/h4-5,7,9H,6,8,10H2,1-3H3,(H2,16,18). The first-order chi connectivity index (χ1) is 8.79. The van der Waals surface area contributed by atoms with Crippen molar-refractivity contribution in [1.29, 1.82) is 0 Å². The monoisotopic (exact) mass is 263 g/mol. The third-order valence-corrected chi connectivity index (χ3v) is 2.53.